The summed E-state index contributed by atoms with van der Waals surface area (Å²) in [5, 5.41) is 7.93. The van der Waals surface area contributed by atoms with E-state index >= 15 is 0 Å². The zero-order chi connectivity index (χ0) is 22.0. The van der Waals surface area contributed by atoms with Crippen molar-refractivity contribution in [3.05, 3.63) is 64.2 Å². The summed E-state index contributed by atoms with van der Waals surface area (Å²) in [5.74, 6) is -0.545. The summed E-state index contributed by atoms with van der Waals surface area (Å²) >= 11 is 0. The van der Waals surface area contributed by atoms with E-state index in [0.29, 0.717) is 22.5 Å². The topological polar surface area (TPSA) is 89.0 Å². The van der Waals surface area contributed by atoms with Crippen molar-refractivity contribution in [3.63, 3.8) is 0 Å². The van der Waals surface area contributed by atoms with E-state index < -0.39 is 12.0 Å². The van der Waals surface area contributed by atoms with Gasteiger partial charge in [-0.2, -0.15) is 5.10 Å². The van der Waals surface area contributed by atoms with Crippen LogP contribution >= 0.6 is 0 Å². The number of aromatic nitrogens is 3. The maximum Gasteiger partial charge on any atom is 0.340 e. The molecule has 0 radical (unpaired) electrons. The summed E-state index contributed by atoms with van der Waals surface area (Å²) in [7, 11) is 0. The Bertz CT molecular complexity index is 1080. The number of Topliss-reactive ketones (excluding diaryl/α,β-unsaturated/α-hetero) is 1. The molecular formula is C23H28N4O3. The van der Waals surface area contributed by atoms with Crippen LogP contribution in [0.15, 0.2) is 30.3 Å². The third kappa shape index (κ3) is 3.87. The van der Waals surface area contributed by atoms with Gasteiger partial charge < -0.3 is 15.0 Å². The minimum absolute atomic E-state index is 0.127. The van der Waals surface area contributed by atoms with Crippen LogP contribution in [-0.4, -0.2) is 39.2 Å². The molecule has 158 valence electrons. The van der Waals surface area contributed by atoms with Crippen molar-refractivity contribution in [3.8, 4) is 5.69 Å². The monoisotopic (exact) mass is 408 g/mol. The summed E-state index contributed by atoms with van der Waals surface area (Å²) in [6, 6.07) is 9.34. The van der Waals surface area contributed by atoms with Gasteiger partial charge in [-0.15, -0.1) is 0 Å². The quantitative estimate of drug-likeness (QED) is 0.450. The summed E-state index contributed by atoms with van der Waals surface area (Å²) < 4.78 is 6.98. The lowest BCUT2D eigenvalue weighted by Crippen LogP contribution is -2.27. The number of H-pyrrole nitrogens is 1. The molecule has 0 saturated carbocycles. The molecule has 0 aliphatic carbocycles. The largest absolute Gasteiger partial charge is 0.462 e. The summed E-state index contributed by atoms with van der Waals surface area (Å²) in [5.41, 5.74) is 5.60. The van der Waals surface area contributed by atoms with Gasteiger partial charge in [0, 0.05) is 5.69 Å². The van der Waals surface area contributed by atoms with Crippen molar-refractivity contribution in [2.24, 2.45) is 0 Å². The van der Waals surface area contributed by atoms with E-state index in [0.717, 1.165) is 22.8 Å². The van der Waals surface area contributed by atoms with Crippen molar-refractivity contribution in [1.29, 1.82) is 0 Å². The van der Waals surface area contributed by atoms with Gasteiger partial charge in [0.25, 0.3) is 0 Å². The molecule has 3 rings (SSSR count). The fourth-order valence-corrected chi connectivity index (χ4v) is 3.68. The van der Waals surface area contributed by atoms with Crippen LogP contribution in [0.3, 0.4) is 0 Å². The molecule has 2 aromatic heterocycles. The molecule has 2 heterocycles. The number of esters is 1. The zero-order valence-corrected chi connectivity index (χ0v) is 18.3. The number of rotatable bonds is 7. The fourth-order valence-electron chi connectivity index (χ4n) is 3.68. The van der Waals surface area contributed by atoms with Crippen LogP contribution in [0.1, 0.15) is 57.3 Å². The number of hydrogen-bond acceptors (Lipinski definition) is 5. The molecule has 30 heavy (non-hydrogen) atoms. The van der Waals surface area contributed by atoms with Gasteiger partial charge in [-0.1, -0.05) is 18.2 Å². The molecular weight excluding hydrogens is 380 g/mol. The maximum absolute atomic E-state index is 13.1. The van der Waals surface area contributed by atoms with Crippen molar-refractivity contribution in [1.82, 2.24) is 14.8 Å². The second kappa shape index (κ2) is 8.57. The van der Waals surface area contributed by atoms with Crippen molar-refractivity contribution in [2.75, 3.05) is 11.9 Å². The highest BCUT2D eigenvalue weighted by Crippen LogP contribution is 2.25. The van der Waals surface area contributed by atoms with Gasteiger partial charge in [0.2, 0.25) is 5.78 Å². The predicted octanol–water partition coefficient (Wildman–Crippen LogP) is 4.29. The molecule has 0 amide bonds. The molecule has 0 bridgehead atoms. The van der Waals surface area contributed by atoms with Crippen LogP contribution in [0, 0.1) is 27.7 Å². The van der Waals surface area contributed by atoms with E-state index in [9.17, 15) is 9.59 Å². The summed E-state index contributed by atoms with van der Waals surface area (Å²) in [6.07, 6.45) is 0. The molecule has 0 aliphatic rings. The van der Waals surface area contributed by atoms with Crippen LogP contribution < -0.4 is 5.32 Å². The molecule has 0 saturated heterocycles. The average Bonchev–Trinajstić information content (AvgIpc) is 3.18. The van der Waals surface area contributed by atoms with Gasteiger partial charge in [0.15, 0.2) is 0 Å². The lowest BCUT2D eigenvalue weighted by atomic mass is 10.0. The molecule has 0 spiro atoms. The number of aromatic amines is 1. The first-order valence-corrected chi connectivity index (χ1v) is 10.0. The Morgan fingerprint density at radius 3 is 2.47 bits per heavy atom. The van der Waals surface area contributed by atoms with E-state index in [4.69, 9.17) is 4.74 Å². The number of anilines is 1. The third-order valence-electron chi connectivity index (χ3n) is 5.21. The van der Waals surface area contributed by atoms with E-state index in [-0.39, 0.29) is 12.4 Å². The van der Waals surface area contributed by atoms with E-state index in [1.807, 2.05) is 48.9 Å². The highest BCUT2D eigenvalue weighted by Gasteiger charge is 2.26. The second-order valence-corrected chi connectivity index (χ2v) is 7.37. The minimum atomic E-state index is -0.511. The Labute approximate surface area is 176 Å². The Balaban J connectivity index is 1.86. The number of hydrogen-bond donors (Lipinski definition) is 2. The molecule has 3 aromatic rings. The number of nitrogens with one attached hydrogen (secondary N) is 2. The Kier molecular flexibility index (Phi) is 6.10. The van der Waals surface area contributed by atoms with Gasteiger partial charge in [0.05, 0.1) is 46.7 Å². The van der Waals surface area contributed by atoms with Gasteiger partial charge in [0.1, 0.15) is 0 Å². The first kappa shape index (κ1) is 21.4. The molecule has 1 unspecified atom stereocenters. The SMILES string of the molecule is CCOC(=O)c1c(C)[nH]c(C(=O)C(C)Nc2c(C)nn(-c3ccccc3)c2C)c1C. The van der Waals surface area contributed by atoms with Crippen LogP contribution in [0.5, 0.6) is 0 Å². The first-order chi connectivity index (χ1) is 14.3. The Morgan fingerprint density at radius 1 is 1.17 bits per heavy atom. The van der Waals surface area contributed by atoms with Gasteiger partial charge >= 0.3 is 5.97 Å². The number of para-hydroxylation sites is 1. The number of carbonyl (C=O) groups is 2. The molecule has 7 nitrogen and oxygen atoms in total. The minimum Gasteiger partial charge on any atom is -0.462 e. The zero-order valence-electron chi connectivity index (χ0n) is 18.3. The molecule has 1 atom stereocenters. The standard InChI is InChI=1S/C23H28N4O3/c1-7-30-23(29)19-13(2)20(24-14(19)3)22(28)16(5)25-21-15(4)26-27(17(21)6)18-11-9-8-10-12-18/h8-12,16,24-25H,7H2,1-6H3. The molecule has 2 N–H and O–H groups in total. The average molecular weight is 409 g/mol. The second-order valence-electron chi connectivity index (χ2n) is 7.37. The predicted molar refractivity (Wildman–Crippen MR) is 117 cm³/mol. The maximum atomic E-state index is 13.1. The Morgan fingerprint density at radius 2 is 1.83 bits per heavy atom. The number of ether oxygens (including phenoxy) is 1. The lowest BCUT2D eigenvalue weighted by molar-refractivity contribution is 0.0525. The van der Waals surface area contributed by atoms with Crippen LogP contribution in [0.4, 0.5) is 5.69 Å². The number of nitrogens with zero attached hydrogens (tertiary/aromatic N) is 2. The van der Waals surface area contributed by atoms with Gasteiger partial charge in [-0.3, -0.25) is 4.79 Å². The van der Waals surface area contributed by atoms with Crippen LogP contribution in [0.2, 0.25) is 0 Å². The van der Waals surface area contributed by atoms with Crippen LogP contribution in [-0.2, 0) is 4.74 Å². The highest BCUT2D eigenvalue weighted by atomic mass is 16.5. The number of ketones is 1. The first-order valence-electron chi connectivity index (χ1n) is 10.0. The van der Waals surface area contributed by atoms with Crippen molar-refractivity contribution < 1.29 is 14.3 Å². The van der Waals surface area contributed by atoms with Crippen molar-refractivity contribution >= 4 is 17.4 Å². The van der Waals surface area contributed by atoms with Crippen molar-refractivity contribution in [2.45, 2.75) is 47.6 Å². The normalized spacial score (nSPS) is 11.9. The fraction of sp³-hybridized carbons (Fsp3) is 0.348. The van der Waals surface area contributed by atoms with Crippen LogP contribution in [0.25, 0.3) is 5.69 Å². The Hall–Kier alpha value is -3.35. The van der Waals surface area contributed by atoms with E-state index in [2.05, 4.69) is 15.4 Å². The number of aryl methyl sites for hydroxylation is 2. The molecule has 0 fully saturated rings. The number of carbonyl (C=O) groups excluding carboxylic acids is 2. The summed E-state index contributed by atoms with van der Waals surface area (Å²) in [4.78, 5) is 28.4. The molecule has 1 aromatic carbocycles. The summed E-state index contributed by atoms with van der Waals surface area (Å²) in [6.45, 7) is 11.3. The molecule has 7 heteroatoms. The smallest absolute Gasteiger partial charge is 0.340 e. The third-order valence-corrected chi connectivity index (χ3v) is 5.21. The van der Waals surface area contributed by atoms with E-state index in [1.165, 1.54) is 0 Å². The van der Waals surface area contributed by atoms with Gasteiger partial charge in [-0.25, -0.2) is 9.48 Å². The molecule has 0 aliphatic heterocycles. The highest BCUT2D eigenvalue weighted by molar-refractivity contribution is 6.04. The van der Waals surface area contributed by atoms with Gasteiger partial charge in [-0.05, 0) is 59.2 Å². The number of benzene rings is 1. The van der Waals surface area contributed by atoms with E-state index in [1.54, 1.807) is 27.7 Å². The lowest BCUT2D eigenvalue weighted by Gasteiger charge is -2.15.